The fourth-order valence-electron chi connectivity index (χ4n) is 12.5. The lowest BCUT2D eigenvalue weighted by molar-refractivity contribution is -0.379. The summed E-state index contributed by atoms with van der Waals surface area (Å²) in [6.45, 7) is 1.76. The van der Waals surface area contributed by atoms with Crippen LogP contribution in [0.2, 0.25) is 0 Å². The second kappa shape index (κ2) is 51.9. The van der Waals surface area contributed by atoms with Crippen LogP contribution >= 0.6 is 0 Å². The van der Waals surface area contributed by atoms with Gasteiger partial charge in [-0.2, -0.15) is 0 Å². The quantitative estimate of drug-likeness (QED) is 0.0199. The third-order valence-electron chi connectivity index (χ3n) is 18.3. The van der Waals surface area contributed by atoms with Gasteiger partial charge in [0.25, 0.3) is 0 Å². The first-order valence-corrected chi connectivity index (χ1v) is 35.9. The van der Waals surface area contributed by atoms with Crippen molar-refractivity contribution in [3.05, 3.63) is 12.2 Å². The fraction of sp³-hybridized carbons (Fsp3) is 0.957. The normalized spacial score (nSPS) is 28.4. The molecule has 3 heterocycles. The van der Waals surface area contributed by atoms with Gasteiger partial charge >= 0.3 is 0 Å². The Hall–Kier alpha value is -1.47. The number of ether oxygens (including phenoxy) is 6. The number of unbranched alkanes of at least 4 members (excludes halogenated alkanes) is 40. The average molecular weight is 1260 g/mol. The largest absolute Gasteiger partial charge is 0.394 e. The Balaban J connectivity index is 1.36. The Morgan fingerprint density at radius 2 is 0.705 bits per heavy atom. The Bertz CT molecular complexity index is 1650. The molecule has 0 aliphatic carbocycles. The van der Waals surface area contributed by atoms with Crippen molar-refractivity contribution in [3.8, 4) is 0 Å². The van der Waals surface area contributed by atoms with E-state index in [1.807, 2.05) is 6.08 Å². The summed E-state index contributed by atoms with van der Waals surface area (Å²) in [7, 11) is 0. The maximum absolute atomic E-state index is 13.4. The van der Waals surface area contributed by atoms with Crippen LogP contribution < -0.4 is 5.32 Å². The number of aliphatic hydroxyl groups excluding tert-OH is 11. The lowest BCUT2D eigenvalue weighted by Gasteiger charge is -2.48. The van der Waals surface area contributed by atoms with E-state index in [4.69, 9.17) is 28.4 Å². The van der Waals surface area contributed by atoms with E-state index >= 15 is 0 Å². The lowest BCUT2D eigenvalue weighted by atomic mass is 9.96. The standard InChI is InChI=1S/C69H131NO18/c1-3-5-7-9-11-13-15-17-18-19-20-21-22-23-24-25-26-27-28-29-30-31-32-33-35-37-39-41-43-45-47-57(75)70-52(53(74)46-44-42-40-38-36-34-16-14-12-10-8-6-4-2)51-83-67-63(81)60(78)65(55(49-72)85-67)88-69-64(82)61(79)66(56(50-73)86-69)87-68-62(80)59(77)58(76)54(48-71)84-68/h44,46,52-56,58-69,71-74,76-82H,3-43,45,47-51H2,1-2H3,(H,70,75)/b46-44+. The van der Waals surface area contributed by atoms with Crippen LogP contribution in [0.4, 0.5) is 0 Å². The molecule has 0 spiro atoms. The Morgan fingerprint density at radius 1 is 0.398 bits per heavy atom. The van der Waals surface area contributed by atoms with Crippen molar-refractivity contribution in [1.82, 2.24) is 5.32 Å². The molecule has 3 fully saturated rings. The second-order valence-corrected chi connectivity index (χ2v) is 26.1. The molecule has 3 saturated heterocycles. The summed E-state index contributed by atoms with van der Waals surface area (Å²) < 4.78 is 34.3. The van der Waals surface area contributed by atoms with Crippen LogP contribution in [0.5, 0.6) is 0 Å². The summed E-state index contributed by atoms with van der Waals surface area (Å²) in [6.07, 6.45) is 30.7. The van der Waals surface area contributed by atoms with Gasteiger partial charge in [-0.15, -0.1) is 0 Å². The first-order valence-electron chi connectivity index (χ1n) is 35.9. The maximum Gasteiger partial charge on any atom is 0.220 e. The van der Waals surface area contributed by atoms with Gasteiger partial charge in [-0.1, -0.05) is 276 Å². The highest BCUT2D eigenvalue weighted by Gasteiger charge is 2.53. The minimum atomic E-state index is -1.98. The molecule has 3 aliphatic rings. The van der Waals surface area contributed by atoms with E-state index in [1.54, 1.807) is 6.08 Å². The Labute approximate surface area is 531 Å². The zero-order valence-electron chi connectivity index (χ0n) is 55.0. The number of nitrogens with one attached hydrogen (secondary N) is 1. The molecule has 12 N–H and O–H groups in total. The molecule has 0 radical (unpaired) electrons. The number of hydrogen-bond acceptors (Lipinski definition) is 18. The molecule has 520 valence electrons. The monoisotopic (exact) mass is 1260 g/mol. The van der Waals surface area contributed by atoms with Crippen molar-refractivity contribution in [3.63, 3.8) is 0 Å². The predicted octanol–water partition coefficient (Wildman–Crippen LogP) is 9.67. The first kappa shape index (κ1) is 80.8. The van der Waals surface area contributed by atoms with Crippen molar-refractivity contribution < 1.29 is 89.4 Å². The van der Waals surface area contributed by atoms with Crippen molar-refractivity contribution in [2.24, 2.45) is 0 Å². The minimum absolute atomic E-state index is 0.250. The minimum Gasteiger partial charge on any atom is -0.394 e. The van der Waals surface area contributed by atoms with Gasteiger partial charge in [-0.05, 0) is 19.3 Å². The molecule has 19 nitrogen and oxygen atoms in total. The number of aliphatic hydroxyl groups is 11. The molecular weight excluding hydrogens is 1130 g/mol. The maximum atomic E-state index is 13.4. The predicted molar refractivity (Wildman–Crippen MR) is 342 cm³/mol. The summed E-state index contributed by atoms with van der Waals surface area (Å²) in [5.41, 5.74) is 0. The molecule has 0 aromatic heterocycles. The summed E-state index contributed by atoms with van der Waals surface area (Å²) in [5.74, 6) is -0.270. The van der Waals surface area contributed by atoms with Gasteiger partial charge in [0, 0.05) is 6.42 Å². The van der Waals surface area contributed by atoms with E-state index in [2.05, 4.69) is 19.2 Å². The highest BCUT2D eigenvalue weighted by Crippen LogP contribution is 2.33. The molecular formula is C69H131NO18. The molecule has 1 amide bonds. The molecule has 17 unspecified atom stereocenters. The molecule has 0 aromatic carbocycles. The van der Waals surface area contributed by atoms with Gasteiger partial charge in [-0.3, -0.25) is 4.79 Å². The van der Waals surface area contributed by atoms with Crippen LogP contribution in [-0.4, -0.2) is 193 Å². The first-order chi connectivity index (χ1) is 42.8. The van der Waals surface area contributed by atoms with Gasteiger partial charge in [0.05, 0.1) is 38.6 Å². The van der Waals surface area contributed by atoms with Crippen LogP contribution in [0.3, 0.4) is 0 Å². The van der Waals surface area contributed by atoms with Crippen LogP contribution in [-0.2, 0) is 33.2 Å². The lowest BCUT2D eigenvalue weighted by Crippen LogP contribution is -2.66. The molecule has 0 aromatic rings. The molecule has 88 heavy (non-hydrogen) atoms. The molecule has 0 saturated carbocycles. The van der Waals surface area contributed by atoms with E-state index in [0.717, 1.165) is 44.9 Å². The highest BCUT2D eigenvalue weighted by atomic mass is 16.8. The summed E-state index contributed by atoms with van der Waals surface area (Å²) in [5, 5.41) is 120. The third kappa shape index (κ3) is 33.6. The van der Waals surface area contributed by atoms with Gasteiger partial charge in [0.15, 0.2) is 18.9 Å². The zero-order valence-corrected chi connectivity index (χ0v) is 55.0. The van der Waals surface area contributed by atoms with E-state index < -0.39 is 124 Å². The third-order valence-corrected chi connectivity index (χ3v) is 18.3. The SMILES string of the molecule is CCCCCCCCCCCCC/C=C/C(O)C(COC1OC(CO)C(OC2OC(CO)C(OC3OC(CO)C(O)C(O)C3O)C(O)C2O)C(O)C1O)NC(=O)CCCCCCCCCCCCCCCCCCCCCCCCCCCCCCCC. The van der Waals surface area contributed by atoms with E-state index in [-0.39, 0.29) is 18.9 Å². The number of hydrogen-bond donors (Lipinski definition) is 12. The smallest absolute Gasteiger partial charge is 0.220 e. The summed E-state index contributed by atoms with van der Waals surface area (Å²) in [4.78, 5) is 13.4. The van der Waals surface area contributed by atoms with Crippen molar-refractivity contribution >= 4 is 5.91 Å². The molecule has 3 rings (SSSR count). The summed E-state index contributed by atoms with van der Waals surface area (Å²) in [6, 6.07) is -0.968. The van der Waals surface area contributed by atoms with Crippen molar-refractivity contribution in [2.75, 3.05) is 26.4 Å². The van der Waals surface area contributed by atoms with Crippen molar-refractivity contribution in [1.29, 1.82) is 0 Å². The van der Waals surface area contributed by atoms with Gasteiger partial charge in [0.2, 0.25) is 5.91 Å². The Kier molecular flexibility index (Phi) is 47.6. The molecule has 0 bridgehead atoms. The molecule has 17 atom stereocenters. The zero-order chi connectivity index (χ0) is 64.0. The van der Waals surface area contributed by atoms with Gasteiger partial charge in [-0.25, -0.2) is 0 Å². The van der Waals surface area contributed by atoms with E-state index in [0.29, 0.717) is 6.42 Å². The summed E-state index contributed by atoms with van der Waals surface area (Å²) >= 11 is 0. The van der Waals surface area contributed by atoms with E-state index in [9.17, 15) is 61.0 Å². The van der Waals surface area contributed by atoms with Crippen LogP contribution in [0.25, 0.3) is 0 Å². The van der Waals surface area contributed by atoms with Gasteiger partial charge in [0.1, 0.15) is 73.2 Å². The number of rotatable bonds is 56. The van der Waals surface area contributed by atoms with Crippen LogP contribution in [0, 0.1) is 0 Å². The van der Waals surface area contributed by atoms with Gasteiger partial charge < -0.3 is 89.9 Å². The number of amides is 1. The van der Waals surface area contributed by atoms with Crippen LogP contribution in [0.15, 0.2) is 12.2 Å². The fourth-order valence-corrected chi connectivity index (χ4v) is 12.5. The number of carbonyl (C=O) groups excluding carboxylic acids is 1. The highest BCUT2D eigenvalue weighted by molar-refractivity contribution is 5.76. The number of carbonyl (C=O) groups is 1. The Morgan fingerprint density at radius 3 is 1.07 bits per heavy atom. The molecule has 3 aliphatic heterocycles. The van der Waals surface area contributed by atoms with E-state index in [1.165, 1.54) is 218 Å². The second-order valence-electron chi connectivity index (χ2n) is 26.1. The average Bonchev–Trinajstić information content (AvgIpc) is 1.62. The number of allylic oxidation sites excluding steroid dienone is 1. The van der Waals surface area contributed by atoms with Crippen molar-refractivity contribution in [2.45, 2.75) is 394 Å². The topological polar surface area (TPSA) is 307 Å². The van der Waals surface area contributed by atoms with Crippen LogP contribution in [0.1, 0.15) is 290 Å². The molecule has 19 heteroatoms.